The van der Waals surface area contributed by atoms with Gasteiger partial charge in [-0.2, -0.15) is 5.10 Å². The van der Waals surface area contributed by atoms with Gasteiger partial charge < -0.3 is 10.6 Å². The molecule has 2 heterocycles. The van der Waals surface area contributed by atoms with Crippen molar-refractivity contribution in [2.24, 2.45) is 0 Å². The maximum atomic E-state index is 12.3. The normalized spacial score (nSPS) is 18.0. The lowest BCUT2D eigenvalue weighted by Gasteiger charge is -2.34. The average molecular weight is 342 g/mol. The second kappa shape index (κ2) is 7.89. The van der Waals surface area contributed by atoms with Gasteiger partial charge in [-0.15, -0.1) is 0 Å². The summed E-state index contributed by atoms with van der Waals surface area (Å²) in [6, 6.07) is 9.48. The first-order valence-corrected chi connectivity index (χ1v) is 8.32. The number of aromatic amines is 1. The van der Waals surface area contributed by atoms with E-state index in [-0.39, 0.29) is 24.8 Å². The van der Waals surface area contributed by atoms with Crippen LogP contribution < -0.4 is 10.6 Å². The van der Waals surface area contributed by atoms with Gasteiger partial charge >= 0.3 is 0 Å². The number of hydrogen-bond donors (Lipinski definition) is 3. The van der Waals surface area contributed by atoms with Gasteiger partial charge in [0.25, 0.3) is 0 Å². The first-order chi connectivity index (χ1) is 12.1. The molecule has 0 aliphatic carbocycles. The van der Waals surface area contributed by atoms with Gasteiger partial charge in [0.15, 0.2) is 5.82 Å². The highest BCUT2D eigenvalue weighted by Gasteiger charge is 2.31. The molecule has 1 aromatic heterocycles. The first-order valence-electron chi connectivity index (χ1n) is 8.32. The number of nitrogens with zero attached hydrogens (tertiary/aromatic N) is 3. The zero-order chi connectivity index (χ0) is 17.6. The third-order valence-corrected chi connectivity index (χ3v) is 4.14. The number of amides is 2. The second-order valence-corrected chi connectivity index (χ2v) is 6.08. The number of H-pyrrole nitrogens is 1. The molecule has 1 aromatic carbocycles. The van der Waals surface area contributed by atoms with Crippen molar-refractivity contribution < 1.29 is 9.59 Å². The monoisotopic (exact) mass is 342 g/mol. The predicted octanol–water partition coefficient (Wildman–Crippen LogP) is 0.120. The number of carbonyl (C=O) groups is 2. The smallest absolute Gasteiger partial charge is 0.237 e. The zero-order valence-electron chi connectivity index (χ0n) is 14.2. The van der Waals surface area contributed by atoms with Crippen LogP contribution in [0.15, 0.2) is 30.3 Å². The van der Waals surface area contributed by atoms with Gasteiger partial charge in [-0.05, 0) is 12.5 Å². The minimum absolute atomic E-state index is 0.105. The number of piperazine rings is 1. The molecule has 3 rings (SSSR count). The quantitative estimate of drug-likeness (QED) is 0.692. The Kier molecular flexibility index (Phi) is 5.39. The van der Waals surface area contributed by atoms with Crippen LogP contribution in [-0.2, 0) is 22.7 Å². The maximum Gasteiger partial charge on any atom is 0.237 e. The van der Waals surface area contributed by atoms with Crippen molar-refractivity contribution in [3.63, 3.8) is 0 Å². The summed E-state index contributed by atoms with van der Waals surface area (Å²) in [5, 5.41) is 12.3. The minimum atomic E-state index is -0.470. The molecule has 1 aliphatic rings. The van der Waals surface area contributed by atoms with Gasteiger partial charge in [0.1, 0.15) is 5.82 Å². The fourth-order valence-electron chi connectivity index (χ4n) is 2.88. The maximum absolute atomic E-state index is 12.3. The molecule has 0 bridgehead atoms. The molecule has 0 radical (unpaired) electrons. The fraction of sp³-hybridized carbons (Fsp3) is 0.412. The molecule has 8 nitrogen and oxygen atoms in total. The summed E-state index contributed by atoms with van der Waals surface area (Å²) in [4.78, 5) is 30.7. The summed E-state index contributed by atoms with van der Waals surface area (Å²) >= 11 is 0. The van der Waals surface area contributed by atoms with Crippen LogP contribution in [-0.4, -0.2) is 51.0 Å². The number of carbonyl (C=O) groups excluding carboxylic acids is 2. The number of hydrogen-bond acceptors (Lipinski definition) is 5. The van der Waals surface area contributed by atoms with Crippen molar-refractivity contribution in [2.45, 2.75) is 32.5 Å². The Labute approximate surface area is 146 Å². The van der Waals surface area contributed by atoms with Gasteiger partial charge in [-0.3, -0.25) is 19.6 Å². The van der Waals surface area contributed by atoms with Crippen LogP contribution in [0.25, 0.3) is 0 Å². The third kappa shape index (κ3) is 4.63. The molecule has 8 heteroatoms. The van der Waals surface area contributed by atoms with E-state index < -0.39 is 6.04 Å². The first kappa shape index (κ1) is 17.1. The van der Waals surface area contributed by atoms with E-state index in [0.717, 1.165) is 12.1 Å². The fourth-order valence-corrected chi connectivity index (χ4v) is 2.88. The lowest BCUT2D eigenvalue weighted by Crippen LogP contribution is -2.56. The van der Waals surface area contributed by atoms with Crippen molar-refractivity contribution in [3.8, 4) is 0 Å². The van der Waals surface area contributed by atoms with E-state index in [9.17, 15) is 9.59 Å². The summed E-state index contributed by atoms with van der Waals surface area (Å²) < 4.78 is 0. The van der Waals surface area contributed by atoms with Gasteiger partial charge in [0, 0.05) is 19.6 Å². The Morgan fingerprint density at radius 2 is 2.16 bits per heavy atom. The van der Waals surface area contributed by atoms with E-state index in [4.69, 9.17) is 0 Å². The topological polar surface area (TPSA) is 103 Å². The molecule has 3 N–H and O–H groups in total. The average Bonchev–Trinajstić information content (AvgIpc) is 3.02. The number of nitrogens with one attached hydrogen (secondary N) is 3. The molecular formula is C17H22N6O2. The van der Waals surface area contributed by atoms with Crippen LogP contribution in [0, 0.1) is 6.92 Å². The van der Waals surface area contributed by atoms with Crippen LogP contribution >= 0.6 is 0 Å². The third-order valence-electron chi connectivity index (χ3n) is 4.14. The Hall–Kier alpha value is -2.74. The molecule has 132 valence electrons. The number of rotatable bonds is 6. The standard InChI is InChI=1S/C17H22N6O2/c1-12-20-15(22-21-12)10-19-16(24)9-14-17(25)18-7-8-23(14)11-13-5-3-2-4-6-13/h2-6,14H,7-11H2,1H3,(H,18,25)(H,19,24)(H,20,21,22)/t14-/m0/s1. The van der Waals surface area contributed by atoms with E-state index in [1.54, 1.807) is 6.92 Å². The summed E-state index contributed by atoms with van der Waals surface area (Å²) in [6.45, 7) is 4.01. The van der Waals surface area contributed by atoms with Crippen molar-refractivity contribution in [3.05, 3.63) is 47.5 Å². The Morgan fingerprint density at radius 1 is 1.36 bits per heavy atom. The number of aromatic nitrogens is 3. The number of benzene rings is 1. The molecule has 0 spiro atoms. The minimum Gasteiger partial charge on any atom is -0.353 e. The molecular weight excluding hydrogens is 320 g/mol. The van der Waals surface area contributed by atoms with Crippen molar-refractivity contribution >= 4 is 11.8 Å². The Bertz CT molecular complexity index is 730. The molecule has 1 saturated heterocycles. The largest absolute Gasteiger partial charge is 0.353 e. The molecule has 2 aromatic rings. The van der Waals surface area contributed by atoms with Crippen molar-refractivity contribution in [1.29, 1.82) is 0 Å². The van der Waals surface area contributed by atoms with E-state index >= 15 is 0 Å². The predicted molar refractivity (Wildman–Crippen MR) is 91.2 cm³/mol. The van der Waals surface area contributed by atoms with E-state index in [0.29, 0.717) is 24.7 Å². The van der Waals surface area contributed by atoms with Crippen LogP contribution in [0.4, 0.5) is 0 Å². The second-order valence-electron chi connectivity index (χ2n) is 6.08. The highest BCUT2D eigenvalue weighted by Crippen LogP contribution is 2.13. The molecule has 25 heavy (non-hydrogen) atoms. The van der Waals surface area contributed by atoms with Gasteiger partial charge in [-0.1, -0.05) is 30.3 Å². The van der Waals surface area contributed by atoms with E-state index in [1.807, 2.05) is 35.2 Å². The molecule has 1 fully saturated rings. The highest BCUT2D eigenvalue weighted by molar-refractivity contribution is 5.88. The Morgan fingerprint density at radius 3 is 2.88 bits per heavy atom. The lowest BCUT2D eigenvalue weighted by molar-refractivity contribution is -0.134. The molecule has 0 unspecified atom stereocenters. The van der Waals surface area contributed by atoms with Gasteiger partial charge in [-0.25, -0.2) is 4.98 Å². The summed E-state index contributed by atoms with van der Waals surface area (Å²) in [5.41, 5.74) is 1.12. The molecule has 1 aliphatic heterocycles. The van der Waals surface area contributed by atoms with Gasteiger partial charge in [0.2, 0.25) is 11.8 Å². The van der Waals surface area contributed by atoms with Crippen LogP contribution in [0.5, 0.6) is 0 Å². The van der Waals surface area contributed by atoms with Crippen molar-refractivity contribution in [2.75, 3.05) is 13.1 Å². The van der Waals surface area contributed by atoms with Crippen LogP contribution in [0.2, 0.25) is 0 Å². The zero-order valence-corrected chi connectivity index (χ0v) is 14.2. The van der Waals surface area contributed by atoms with Crippen molar-refractivity contribution in [1.82, 2.24) is 30.7 Å². The molecule has 1 atom stereocenters. The number of aryl methyl sites for hydroxylation is 1. The summed E-state index contributed by atoms with van der Waals surface area (Å²) in [7, 11) is 0. The van der Waals surface area contributed by atoms with Crippen LogP contribution in [0.3, 0.4) is 0 Å². The van der Waals surface area contributed by atoms with E-state index in [2.05, 4.69) is 25.8 Å². The highest BCUT2D eigenvalue weighted by atomic mass is 16.2. The van der Waals surface area contributed by atoms with Gasteiger partial charge in [0.05, 0.1) is 19.0 Å². The lowest BCUT2D eigenvalue weighted by atomic mass is 10.1. The Balaban J connectivity index is 1.58. The van der Waals surface area contributed by atoms with E-state index in [1.165, 1.54) is 0 Å². The summed E-state index contributed by atoms with van der Waals surface area (Å²) in [5.74, 6) is 0.929. The molecule has 2 amide bonds. The molecule has 0 saturated carbocycles. The summed E-state index contributed by atoms with van der Waals surface area (Å²) in [6.07, 6.45) is 0.113. The SMILES string of the molecule is Cc1nc(CNC(=O)C[C@H]2C(=O)NCCN2Cc2ccccc2)n[nH]1. The van der Waals surface area contributed by atoms with Crippen LogP contribution in [0.1, 0.15) is 23.6 Å².